The highest BCUT2D eigenvalue weighted by Crippen LogP contribution is 2.20. The van der Waals surface area contributed by atoms with Gasteiger partial charge in [-0.1, -0.05) is 52.4 Å². The van der Waals surface area contributed by atoms with Crippen LogP contribution >= 0.6 is 11.8 Å². The lowest BCUT2D eigenvalue weighted by Gasteiger charge is -2.30. The Hall–Kier alpha value is 0.310. The molecule has 1 atom stereocenters. The van der Waals surface area contributed by atoms with Gasteiger partial charge in [-0.25, -0.2) is 0 Å². The number of nitrogens with zero attached hydrogens (tertiary/aromatic N) is 1. The molecule has 1 unspecified atom stereocenters. The maximum atomic E-state index is 2.72. The van der Waals surface area contributed by atoms with Crippen LogP contribution in [0.4, 0.5) is 0 Å². The van der Waals surface area contributed by atoms with Crippen molar-refractivity contribution in [1.29, 1.82) is 0 Å². The summed E-state index contributed by atoms with van der Waals surface area (Å²) in [6.45, 7) is 8.68. The topological polar surface area (TPSA) is 3.24 Å². The summed E-state index contributed by atoms with van der Waals surface area (Å²) in [5.41, 5.74) is 0. The van der Waals surface area contributed by atoms with Crippen molar-refractivity contribution in [2.75, 3.05) is 31.1 Å². The minimum absolute atomic E-state index is 0.977. The third kappa shape index (κ3) is 7.68. The quantitative estimate of drug-likeness (QED) is 0.524. The average Bonchev–Trinajstić information content (AvgIpc) is 2.41. The predicted molar refractivity (Wildman–Crippen MR) is 85.5 cm³/mol. The predicted octanol–water partition coefficient (Wildman–Crippen LogP) is 4.81. The normalized spacial score (nSPS) is 19.0. The Bertz CT molecular complexity index is 178. The second-order valence-corrected chi connectivity index (χ2v) is 7.00. The van der Waals surface area contributed by atoms with Gasteiger partial charge in [0.1, 0.15) is 0 Å². The molecule has 108 valence electrons. The number of unbranched alkanes of at least 4 members (excludes halogenated alkanes) is 4. The van der Waals surface area contributed by atoms with Crippen LogP contribution in [-0.2, 0) is 0 Å². The minimum atomic E-state index is 0.977. The first-order chi connectivity index (χ1) is 8.86. The Kier molecular flexibility index (Phi) is 10.1. The lowest BCUT2D eigenvalue weighted by molar-refractivity contribution is 0.230. The SMILES string of the molecule is CCCCCCC(CCCC)CN1CCSCC1. The molecular formula is C16H33NS. The van der Waals surface area contributed by atoms with Crippen LogP contribution < -0.4 is 0 Å². The molecule has 0 aromatic heterocycles. The van der Waals surface area contributed by atoms with Gasteiger partial charge >= 0.3 is 0 Å². The summed E-state index contributed by atoms with van der Waals surface area (Å²) < 4.78 is 0. The third-order valence-corrected chi connectivity index (χ3v) is 4.99. The molecule has 0 bridgehead atoms. The van der Waals surface area contributed by atoms with E-state index in [1.807, 2.05) is 0 Å². The Labute approximate surface area is 119 Å². The van der Waals surface area contributed by atoms with Gasteiger partial charge < -0.3 is 4.90 Å². The summed E-state index contributed by atoms with van der Waals surface area (Å²) in [4.78, 5) is 2.72. The summed E-state index contributed by atoms with van der Waals surface area (Å²) >= 11 is 2.13. The second-order valence-electron chi connectivity index (χ2n) is 5.77. The summed E-state index contributed by atoms with van der Waals surface area (Å²) in [6.07, 6.45) is 11.4. The lowest BCUT2D eigenvalue weighted by Crippen LogP contribution is -2.36. The molecule has 1 heterocycles. The molecular weight excluding hydrogens is 238 g/mol. The first-order valence-electron chi connectivity index (χ1n) is 8.16. The minimum Gasteiger partial charge on any atom is -0.301 e. The first-order valence-corrected chi connectivity index (χ1v) is 9.32. The van der Waals surface area contributed by atoms with Crippen molar-refractivity contribution in [2.24, 2.45) is 5.92 Å². The van der Waals surface area contributed by atoms with Crippen molar-refractivity contribution in [2.45, 2.75) is 65.2 Å². The van der Waals surface area contributed by atoms with E-state index in [0.29, 0.717) is 0 Å². The van der Waals surface area contributed by atoms with E-state index in [9.17, 15) is 0 Å². The van der Waals surface area contributed by atoms with Crippen LogP contribution in [0.25, 0.3) is 0 Å². The van der Waals surface area contributed by atoms with Crippen LogP contribution in [0.3, 0.4) is 0 Å². The van der Waals surface area contributed by atoms with E-state index in [4.69, 9.17) is 0 Å². The Morgan fingerprint density at radius 2 is 1.56 bits per heavy atom. The fourth-order valence-electron chi connectivity index (χ4n) is 2.83. The molecule has 0 saturated carbocycles. The zero-order valence-corrected chi connectivity index (χ0v) is 13.4. The van der Waals surface area contributed by atoms with Crippen LogP contribution in [0.15, 0.2) is 0 Å². The van der Waals surface area contributed by atoms with Crippen molar-refractivity contribution in [3.05, 3.63) is 0 Å². The third-order valence-electron chi connectivity index (χ3n) is 4.05. The number of thioether (sulfide) groups is 1. The van der Waals surface area contributed by atoms with Gasteiger partial charge in [-0.3, -0.25) is 0 Å². The van der Waals surface area contributed by atoms with Crippen molar-refractivity contribution < 1.29 is 0 Å². The standard InChI is InChI=1S/C16H33NS/c1-3-5-7-8-10-16(9-6-4-2)15-17-11-13-18-14-12-17/h16H,3-15H2,1-2H3. The fraction of sp³-hybridized carbons (Fsp3) is 1.00. The van der Waals surface area contributed by atoms with Gasteiger partial charge in [0.2, 0.25) is 0 Å². The van der Waals surface area contributed by atoms with E-state index in [1.165, 1.54) is 82.5 Å². The number of rotatable bonds is 10. The van der Waals surface area contributed by atoms with Crippen molar-refractivity contribution in [3.63, 3.8) is 0 Å². The molecule has 0 N–H and O–H groups in total. The highest BCUT2D eigenvalue weighted by atomic mass is 32.2. The Morgan fingerprint density at radius 1 is 0.889 bits per heavy atom. The molecule has 0 aromatic rings. The van der Waals surface area contributed by atoms with Gasteiger partial charge in [-0.15, -0.1) is 0 Å². The van der Waals surface area contributed by atoms with E-state index in [1.54, 1.807) is 0 Å². The molecule has 1 rings (SSSR count). The van der Waals surface area contributed by atoms with Crippen molar-refractivity contribution >= 4 is 11.8 Å². The molecule has 1 fully saturated rings. The highest BCUT2D eigenvalue weighted by Gasteiger charge is 2.16. The lowest BCUT2D eigenvalue weighted by atomic mass is 9.94. The van der Waals surface area contributed by atoms with Crippen LogP contribution in [0.1, 0.15) is 65.2 Å². The summed E-state index contributed by atoms with van der Waals surface area (Å²) in [5, 5.41) is 0. The average molecular weight is 272 g/mol. The smallest absolute Gasteiger partial charge is 0.00728 e. The molecule has 0 aliphatic carbocycles. The molecule has 0 radical (unpaired) electrons. The highest BCUT2D eigenvalue weighted by molar-refractivity contribution is 7.99. The molecule has 2 heteroatoms. The van der Waals surface area contributed by atoms with Gasteiger partial charge in [-0.05, 0) is 18.8 Å². The maximum absolute atomic E-state index is 2.72. The molecule has 1 saturated heterocycles. The zero-order chi connectivity index (χ0) is 13.1. The van der Waals surface area contributed by atoms with E-state index < -0.39 is 0 Å². The van der Waals surface area contributed by atoms with E-state index >= 15 is 0 Å². The van der Waals surface area contributed by atoms with E-state index in [-0.39, 0.29) is 0 Å². The summed E-state index contributed by atoms with van der Waals surface area (Å²) in [6, 6.07) is 0. The van der Waals surface area contributed by atoms with Crippen LogP contribution in [0.2, 0.25) is 0 Å². The molecule has 1 aliphatic heterocycles. The molecule has 0 aromatic carbocycles. The monoisotopic (exact) mass is 271 g/mol. The number of hydrogen-bond donors (Lipinski definition) is 0. The first kappa shape index (κ1) is 16.4. The number of hydrogen-bond acceptors (Lipinski definition) is 2. The molecule has 1 nitrogen and oxygen atoms in total. The van der Waals surface area contributed by atoms with E-state index in [2.05, 4.69) is 30.5 Å². The van der Waals surface area contributed by atoms with Gasteiger partial charge in [0.15, 0.2) is 0 Å². The van der Waals surface area contributed by atoms with Crippen molar-refractivity contribution in [1.82, 2.24) is 4.90 Å². The van der Waals surface area contributed by atoms with Gasteiger partial charge in [0.05, 0.1) is 0 Å². The van der Waals surface area contributed by atoms with Crippen LogP contribution in [-0.4, -0.2) is 36.0 Å². The van der Waals surface area contributed by atoms with Gasteiger partial charge in [-0.2, -0.15) is 11.8 Å². The second kappa shape index (κ2) is 11.2. The molecule has 0 spiro atoms. The largest absolute Gasteiger partial charge is 0.301 e. The summed E-state index contributed by atoms with van der Waals surface area (Å²) in [5.74, 6) is 3.69. The van der Waals surface area contributed by atoms with E-state index in [0.717, 1.165) is 5.92 Å². The molecule has 1 aliphatic rings. The molecule has 18 heavy (non-hydrogen) atoms. The maximum Gasteiger partial charge on any atom is 0.00728 e. The molecule has 0 amide bonds. The van der Waals surface area contributed by atoms with Gasteiger partial charge in [0, 0.05) is 31.1 Å². The zero-order valence-electron chi connectivity index (χ0n) is 12.6. The Morgan fingerprint density at radius 3 is 2.22 bits per heavy atom. The van der Waals surface area contributed by atoms with Gasteiger partial charge in [0.25, 0.3) is 0 Å². The van der Waals surface area contributed by atoms with Crippen molar-refractivity contribution in [3.8, 4) is 0 Å². The summed E-state index contributed by atoms with van der Waals surface area (Å²) in [7, 11) is 0. The fourth-order valence-corrected chi connectivity index (χ4v) is 3.81. The van der Waals surface area contributed by atoms with Crippen LogP contribution in [0, 0.1) is 5.92 Å². The van der Waals surface area contributed by atoms with Crippen LogP contribution in [0.5, 0.6) is 0 Å². The Balaban J connectivity index is 2.20.